The number of hydrogen-bond acceptors (Lipinski definition) is 2. The van der Waals surface area contributed by atoms with Crippen molar-refractivity contribution in [1.29, 1.82) is 0 Å². The van der Waals surface area contributed by atoms with Gasteiger partial charge in [-0.3, -0.25) is 0 Å². The van der Waals surface area contributed by atoms with Gasteiger partial charge in [-0.25, -0.2) is 0 Å². The van der Waals surface area contributed by atoms with Gasteiger partial charge in [0.1, 0.15) is 5.09 Å². The molecule has 1 nitrogen and oxygen atoms in total. The standard InChI is InChI=1S/C19H32OSSi/c1-5-6-7-8-9-10-14-17-19(20-22(2,3)4)21-18-15-12-11-13-16-18/h11-13,15-17H,5-10,14H2,1-4H3/b19-17+. The maximum absolute atomic E-state index is 6.25. The molecule has 0 fully saturated rings. The van der Waals surface area contributed by atoms with Gasteiger partial charge >= 0.3 is 0 Å². The molecule has 0 spiro atoms. The molecule has 0 radical (unpaired) electrons. The summed E-state index contributed by atoms with van der Waals surface area (Å²) >= 11 is 1.76. The molecule has 0 aliphatic rings. The first-order valence-corrected chi connectivity index (χ1v) is 12.9. The maximum Gasteiger partial charge on any atom is 0.242 e. The third-order valence-electron chi connectivity index (χ3n) is 3.24. The largest absolute Gasteiger partial charge is 0.540 e. The van der Waals surface area contributed by atoms with Crippen molar-refractivity contribution in [1.82, 2.24) is 0 Å². The minimum absolute atomic E-state index is 1.10. The average molecular weight is 337 g/mol. The lowest BCUT2D eigenvalue weighted by molar-refractivity contribution is 0.460. The lowest BCUT2D eigenvalue weighted by Gasteiger charge is -2.21. The third kappa shape index (κ3) is 10.1. The second kappa shape index (κ2) is 11.0. The van der Waals surface area contributed by atoms with Gasteiger partial charge in [-0.2, -0.15) is 0 Å². The molecular formula is C19H32OSSi. The van der Waals surface area contributed by atoms with Crippen LogP contribution in [0.15, 0.2) is 46.4 Å². The van der Waals surface area contributed by atoms with E-state index in [1.807, 2.05) is 0 Å². The van der Waals surface area contributed by atoms with Crippen molar-refractivity contribution in [3.8, 4) is 0 Å². The van der Waals surface area contributed by atoms with Crippen LogP contribution >= 0.6 is 11.8 Å². The Morgan fingerprint density at radius 1 is 1.00 bits per heavy atom. The van der Waals surface area contributed by atoms with E-state index in [0.29, 0.717) is 0 Å². The van der Waals surface area contributed by atoms with Crippen LogP contribution in [0.25, 0.3) is 0 Å². The Balaban J connectivity index is 2.45. The highest BCUT2D eigenvalue weighted by molar-refractivity contribution is 8.03. The molecule has 0 bridgehead atoms. The summed E-state index contributed by atoms with van der Waals surface area (Å²) in [6.45, 7) is 9.01. The summed E-state index contributed by atoms with van der Waals surface area (Å²) in [6, 6.07) is 10.5. The number of hydrogen-bond donors (Lipinski definition) is 0. The summed E-state index contributed by atoms with van der Waals surface area (Å²) in [6.07, 6.45) is 11.5. The topological polar surface area (TPSA) is 9.23 Å². The Hall–Kier alpha value is -0.673. The minimum atomic E-state index is -1.55. The van der Waals surface area contributed by atoms with Crippen molar-refractivity contribution in [3.05, 3.63) is 41.5 Å². The lowest BCUT2D eigenvalue weighted by Crippen LogP contribution is -2.24. The predicted molar refractivity (Wildman–Crippen MR) is 103 cm³/mol. The second-order valence-electron chi connectivity index (χ2n) is 6.71. The molecule has 124 valence electrons. The predicted octanol–water partition coefficient (Wildman–Crippen LogP) is 7.22. The quantitative estimate of drug-likeness (QED) is 0.182. The molecule has 0 N–H and O–H groups in total. The van der Waals surface area contributed by atoms with E-state index >= 15 is 0 Å². The van der Waals surface area contributed by atoms with Gasteiger partial charge < -0.3 is 4.43 Å². The fourth-order valence-corrected chi connectivity index (χ4v) is 4.49. The first-order valence-electron chi connectivity index (χ1n) is 8.63. The molecule has 0 aromatic heterocycles. The summed E-state index contributed by atoms with van der Waals surface area (Å²) in [4.78, 5) is 1.26. The van der Waals surface area contributed by atoms with Crippen LogP contribution in [0.5, 0.6) is 0 Å². The van der Waals surface area contributed by atoms with Crippen LogP contribution in [0.2, 0.25) is 19.6 Å². The van der Waals surface area contributed by atoms with E-state index in [9.17, 15) is 0 Å². The van der Waals surface area contributed by atoms with Gasteiger partial charge in [-0.05, 0) is 50.7 Å². The van der Waals surface area contributed by atoms with E-state index in [2.05, 4.69) is 63.0 Å². The van der Waals surface area contributed by atoms with Gasteiger partial charge in [-0.15, -0.1) is 0 Å². The Morgan fingerprint density at radius 2 is 1.64 bits per heavy atom. The zero-order valence-electron chi connectivity index (χ0n) is 14.7. The molecular weight excluding hydrogens is 304 g/mol. The normalized spacial score (nSPS) is 12.5. The van der Waals surface area contributed by atoms with Crippen molar-refractivity contribution >= 4 is 20.1 Å². The van der Waals surface area contributed by atoms with Gasteiger partial charge in [0.2, 0.25) is 8.32 Å². The average Bonchev–Trinajstić information content (AvgIpc) is 2.45. The van der Waals surface area contributed by atoms with Gasteiger partial charge in [0, 0.05) is 4.90 Å². The Kier molecular flexibility index (Phi) is 9.65. The van der Waals surface area contributed by atoms with Crippen LogP contribution in [0.3, 0.4) is 0 Å². The van der Waals surface area contributed by atoms with Crippen molar-refractivity contribution in [2.45, 2.75) is 76.4 Å². The molecule has 0 aliphatic carbocycles. The molecule has 0 atom stereocenters. The number of unbranched alkanes of at least 4 members (excludes halogenated alkanes) is 6. The first-order chi connectivity index (χ1) is 10.5. The van der Waals surface area contributed by atoms with E-state index in [4.69, 9.17) is 4.43 Å². The minimum Gasteiger partial charge on any atom is -0.540 e. The summed E-state index contributed by atoms with van der Waals surface area (Å²) in [5, 5.41) is 1.10. The van der Waals surface area contributed by atoms with Gasteiger partial charge in [0.15, 0.2) is 0 Å². The molecule has 0 unspecified atom stereocenters. The molecule has 1 aromatic rings. The Morgan fingerprint density at radius 3 is 2.27 bits per heavy atom. The molecule has 0 saturated carbocycles. The fourth-order valence-electron chi connectivity index (χ4n) is 2.16. The van der Waals surface area contributed by atoms with E-state index < -0.39 is 8.32 Å². The molecule has 0 amide bonds. The monoisotopic (exact) mass is 336 g/mol. The molecule has 0 aliphatic heterocycles. The van der Waals surface area contributed by atoms with E-state index in [-0.39, 0.29) is 0 Å². The van der Waals surface area contributed by atoms with Crippen molar-refractivity contribution in [3.63, 3.8) is 0 Å². The maximum atomic E-state index is 6.25. The number of rotatable bonds is 11. The molecule has 3 heteroatoms. The lowest BCUT2D eigenvalue weighted by atomic mass is 10.1. The number of benzene rings is 1. The SMILES string of the molecule is CCCCCCCC/C=C(\O[Si](C)(C)C)Sc1ccccc1. The highest BCUT2D eigenvalue weighted by Crippen LogP contribution is 2.30. The van der Waals surface area contributed by atoms with E-state index in [0.717, 1.165) is 11.5 Å². The second-order valence-corrected chi connectivity index (χ2v) is 12.2. The smallest absolute Gasteiger partial charge is 0.242 e. The summed E-state index contributed by atoms with van der Waals surface area (Å²) < 4.78 is 6.25. The van der Waals surface area contributed by atoms with Crippen molar-refractivity contribution < 1.29 is 4.43 Å². The summed E-state index contributed by atoms with van der Waals surface area (Å²) in [5.74, 6) is 0. The van der Waals surface area contributed by atoms with Crippen LogP contribution in [-0.4, -0.2) is 8.32 Å². The highest BCUT2D eigenvalue weighted by atomic mass is 32.2. The van der Waals surface area contributed by atoms with Crippen molar-refractivity contribution in [2.75, 3.05) is 0 Å². The van der Waals surface area contributed by atoms with Gasteiger partial charge in [0.05, 0.1) is 0 Å². The summed E-state index contributed by atoms with van der Waals surface area (Å²) in [7, 11) is -1.55. The molecule has 22 heavy (non-hydrogen) atoms. The molecule has 0 heterocycles. The van der Waals surface area contributed by atoms with Crippen LogP contribution < -0.4 is 0 Å². The molecule has 0 saturated heterocycles. The fraction of sp³-hybridized carbons (Fsp3) is 0.579. The van der Waals surface area contributed by atoms with E-state index in [1.54, 1.807) is 11.8 Å². The molecule has 1 rings (SSSR count). The Labute approximate surface area is 142 Å². The summed E-state index contributed by atoms with van der Waals surface area (Å²) in [5.41, 5.74) is 0. The zero-order chi connectivity index (χ0) is 16.3. The zero-order valence-corrected chi connectivity index (χ0v) is 16.5. The highest BCUT2D eigenvalue weighted by Gasteiger charge is 2.18. The van der Waals surface area contributed by atoms with Gasteiger partial charge in [-0.1, -0.05) is 69.0 Å². The first kappa shape index (κ1) is 19.4. The number of allylic oxidation sites excluding steroid dienone is 1. The Bertz CT molecular complexity index is 423. The van der Waals surface area contributed by atoms with Crippen LogP contribution in [0.1, 0.15) is 51.9 Å². The van der Waals surface area contributed by atoms with Crippen LogP contribution in [-0.2, 0) is 4.43 Å². The van der Waals surface area contributed by atoms with Crippen LogP contribution in [0, 0.1) is 0 Å². The van der Waals surface area contributed by atoms with Crippen LogP contribution in [0.4, 0.5) is 0 Å². The third-order valence-corrected chi connectivity index (χ3v) is 5.18. The molecule has 1 aromatic carbocycles. The number of thioether (sulfide) groups is 1. The van der Waals surface area contributed by atoms with Crippen molar-refractivity contribution in [2.24, 2.45) is 0 Å². The van der Waals surface area contributed by atoms with E-state index in [1.165, 1.54) is 43.4 Å². The van der Waals surface area contributed by atoms with Gasteiger partial charge in [0.25, 0.3) is 0 Å².